The fourth-order valence-corrected chi connectivity index (χ4v) is 3.43. The zero-order chi connectivity index (χ0) is 13.8. The van der Waals surface area contributed by atoms with E-state index in [0.717, 1.165) is 11.3 Å². The lowest BCUT2D eigenvalue weighted by molar-refractivity contribution is 0.564. The quantitative estimate of drug-likeness (QED) is 0.817. The molecule has 0 saturated carbocycles. The van der Waals surface area contributed by atoms with Gasteiger partial charge in [0.2, 0.25) is 0 Å². The lowest BCUT2D eigenvalue weighted by Gasteiger charge is -2.16. The molecule has 102 valence electrons. The molecule has 0 heterocycles. The fraction of sp³-hybridized carbons (Fsp3) is 0.538. The summed E-state index contributed by atoms with van der Waals surface area (Å²) in [7, 11) is -1.13. The topological polar surface area (TPSA) is 46.2 Å². The monoisotopic (exact) mass is 287 g/mol. The van der Waals surface area contributed by atoms with Crippen LogP contribution in [0, 0.1) is 0 Å². The molecule has 5 heteroatoms. The SMILES string of the molecule is CNC(C)CC(C)Sc1ccc(S(C)(=O)=O)cc1. The summed E-state index contributed by atoms with van der Waals surface area (Å²) in [5.41, 5.74) is 0. The third kappa shape index (κ3) is 5.00. The first kappa shape index (κ1) is 15.5. The first-order valence-corrected chi connectivity index (χ1v) is 8.74. The van der Waals surface area contributed by atoms with Crippen LogP contribution in [0.4, 0.5) is 0 Å². The van der Waals surface area contributed by atoms with E-state index >= 15 is 0 Å². The molecule has 1 aromatic carbocycles. The maximum atomic E-state index is 11.3. The molecule has 3 nitrogen and oxygen atoms in total. The van der Waals surface area contributed by atoms with E-state index in [1.165, 1.54) is 6.26 Å². The number of benzene rings is 1. The predicted octanol–water partition coefficient (Wildman–Crippen LogP) is 2.57. The van der Waals surface area contributed by atoms with Crippen LogP contribution in [-0.4, -0.2) is 33.0 Å². The van der Waals surface area contributed by atoms with E-state index in [2.05, 4.69) is 19.2 Å². The highest BCUT2D eigenvalue weighted by molar-refractivity contribution is 8.00. The third-order valence-electron chi connectivity index (χ3n) is 2.77. The fourth-order valence-electron chi connectivity index (χ4n) is 1.66. The molecule has 0 radical (unpaired) electrons. The molecule has 2 atom stereocenters. The molecule has 0 bridgehead atoms. The molecule has 0 fully saturated rings. The van der Waals surface area contributed by atoms with Crippen molar-refractivity contribution in [3.8, 4) is 0 Å². The Morgan fingerprint density at radius 3 is 2.22 bits per heavy atom. The van der Waals surface area contributed by atoms with Gasteiger partial charge in [-0.2, -0.15) is 0 Å². The summed E-state index contributed by atoms with van der Waals surface area (Å²) in [6.45, 7) is 4.34. The van der Waals surface area contributed by atoms with Gasteiger partial charge in [-0.3, -0.25) is 0 Å². The number of hydrogen-bond donors (Lipinski definition) is 1. The summed E-state index contributed by atoms with van der Waals surface area (Å²) in [6, 6.07) is 7.59. The van der Waals surface area contributed by atoms with Crippen LogP contribution in [0.5, 0.6) is 0 Å². The average Bonchev–Trinajstić information content (AvgIpc) is 2.28. The second-order valence-electron chi connectivity index (χ2n) is 4.60. The van der Waals surface area contributed by atoms with E-state index in [0.29, 0.717) is 16.2 Å². The Kier molecular flexibility index (Phi) is 5.69. The smallest absolute Gasteiger partial charge is 0.175 e. The summed E-state index contributed by atoms with van der Waals surface area (Å²) < 4.78 is 22.7. The van der Waals surface area contributed by atoms with E-state index in [-0.39, 0.29) is 0 Å². The summed E-state index contributed by atoms with van der Waals surface area (Å²) in [4.78, 5) is 1.49. The normalized spacial score (nSPS) is 15.3. The molecular formula is C13H21NO2S2. The predicted molar refractivity (Wildman–Crippen MR) is 78.0 cm³/mol. The summed E-state index contributed by atoms with van der Waals surface area (Å²) in [6.07, 6.45) is 2.31. The summed E-state index contributed by atoms with van der Waals surface area (Å²) in [5, 5.41) is 3.71. The maximum Gasteiger partial charge on any atom is 0.175 e. The largest absolute Gasteiger partial charge is 0.317 e. The van der Waals surface area contributed by atoms with Gasteiger partial charge in [0.15, 0.2) is 9.84 Å². The molecule has 1 aromatic rings. The lowest BCUT2D eigenvalue weighted by Crippen LogP contribution is -2.24. The molecule has 0 aromatic heterocycles. The van der Waals surface area contributed by atoms with E-state index < -0.39 is 9.84 Å². The second-order valence-corrected chi connectivity index (χ2v) is 8.13. The van der Waals surface area contributed by atoms with Crippen LogP contribution < -0.4 is 5.32 Å². The lowest BCUT2D eigenvalue weighted by atomic mass is 10.2. The van der Waals surface area contributed by atoms with Crippen LogP contribution in [-0.2, 0) is 9.84 Å². The second kappa shape index (κ2) is 6.59. The van der Waals surface area contributed by atoms with Crippen molar-refractivity contribution < 1.29 is 8.42 Å². The molecule has 0 spiro atoms. The minimum absolute atomic E-state index is 0.378. The summed E-state index contributed by atoms with van der Waals surface area (Å²) in [5.74, 6) is 0. The van der Waals surface area contributed by atoms with Crippen LogP contribution in [0.3, 0.4) is 0 Å². The molecule has 0 amide bonds. The minimum atomic E-state index is -3.09. The first-order valence-electron chi connectivity index (χ1n) is 5.97. The third-order valence-corrected chi connectivity index (χ3v) is 5.04. The molecule has 2 unspecified atom stereocenters. The van der Waals surface area contributed by atoms with Gasteiger partial charge in [0.25, 0.3) is 0 Å². The van der Waals surface area contributed by atoms with E-state index in [9.17, 15) is 8.42 Å². The van der Waals surface area contributed by atoms with Crippen molar-refractivity contribution in [2.45, 2.75) is 41.4 Å². The summed E-state index contributed by atoms with van der Waals surface area (Å²) >= 11 is 1.77. The Morgan fingerprint density at radius 2 is 1.78 bits per heavy atom. The van der Waals surface area contributed by atoms with E-state index in [1.54, 1.807) is 23.9 Å². The Morgan fingerprint density at radius 1 is 1.22 bits per heavy atom. The van der Waals surface area contributed by atoms with Crippen LogP contribution in [0.25, 0.3) is 0 Å². The van der Waals surface area contributed by atoms with Gasteiger partial charge in [0.05, 0.1) is 4.90 Å². The van der Waals surface area contributed by atoms with Gasteiger partial charge in [0, 0.05) is 22.4 Å². The van der Waals surface area contributed by atoms with Crippen molar-refractivity contribution in [2.24, 2.45) is 0 Å². The van der Waals surface area contributed by atoms with Gasteiger partial charge in [-0.25, -0.2) is 8.42 Å². The van der Waals surface area contributed by atoms with Crippen LogP contribution in [0.15, 0.2) is 34.1 Å². The first-order chi connectivity index (χ1) is 8.32. The molecular weight excluding hydrogens is 266 g/mol. The van der Waals surface area contributed by atoms with Crippen molar-refractivity contribution in [1.29, 1.82) is 0 Å². The van der Waals surface area contributed by atoms with Crippen LogP contribution in [0.1, 0.15) is 20.3 Å². The highest BCUT2D eigenvalue weighted by Crippen LogP contribution is 2.26. The Bertz CT molecular complexity index is 468. The number of nitrogens with one attached hydrogen (secondary N) is 1. The van der Waals surface area contributed by atoms with Crippen molar-refractivity contribution in [1.82, 2.24) is 5.32 Å². The van der Waals surface area contributed by atoms with Gasteiger partial charge < -0.3 is 5.32 Å². The minimum Gasteiger partial charge on any atom is -0.317 e. The number of rotatable bonds is 6. The number of thioether (sulfide) groups is 1. The molecule has 0 aliphatic heterocycles. The molecule has 1 rings (SSSR count). The van der Waals surface area contributed by atoms with Crippen LogP contribution >= 0.6 is 11.8 Å². The molecule has 1 N–H and O–H groups in total. The number of sulfone groups is 1. The Balaban J connectivity index is 2.64. The van der Waals surface area contributed by atoms with E-state index in [4.69, 9.17) is 0 Å². The molecule has 18 heavy (non-hydrogen) atoms. The van der Waals surface area contributed by atoms with Gasteiger partial charge in [0.1, 0.15) is 0 Å². The van der Waals surface area contributed by atoms with Gasteiger partial charge in [-0.15, -0.1) is 11.8 Å². The highest BCUT2D eigenvalue weighted by atomic mass is 32.2. The molecule has 0 aliphatic carbocycles. The zero-order valence-electron chi connectivity index (χ0n) is 11.3. The Labute approximate surface area is 114 Å². The van der Waals surface area contributed by atoms with Gasteiger partial charge in [-0.1, -0.05) is 6.92 Å². The van der Waals surface area contributed by atoms with Gasteiger partial charge in [-0.05, 0) is 44.7 Å². The van der Waals surface area contributed by atoms with Crippen molar-refractivity contribution >= 4 is 21.6 Å². The zero-order valence-corrected chi connectivity index (χ0v) is 12.9. The standard InChI is InChI=1S/C13H21NO2S2/c1-10(14-3)9-11(2)17-12-5-7-13(8-6-12)18(4,15)16/h5-8,10-11,14H,9H2,1-4H3. The Hall–Kier alpha value is -0.520. The van der Waals surface area contributed by atoms with Crippen molar-refractivity contribution in [3.63, 3.8) is 0 Å². The average molecular weight is 287 g/mol. The number of hydrogen-bond acceptors (Lipinski definition) is 4. The van der Waals surface area contributed by atoms with Crippen molar-refractivity contribution in [2.75, 3.05) is 13.3 Å². The van der Waals surface area contributed by atoms with E-state index in [1.807, 2.05) is 19.2 Å². The van der Waals surface area contributed by atoms with Crippen molar-refractivity contribution in [3.05, 3.63) is 24.3 Å². The van der Waals surface area contributed by atoms with Gasteiger partial charge >= 0.3 is 0 Å². The molecule has 0 aliphatic rings. The maximum absolute atomic E-state index is 11.3. The van der Waals surface area contributed by atoms with Crippen LogP contribution in [0.2, 0.25) is 0 Å². The highest BCUT2D eigenvalue weighted by Gasteiger charge is 2.10. The molecule has 0 saturated heterocycles.